The molecule has 100 valence electrons. The molecule has 1 N–H and O–H groups in total. The summed E-state index contributed by atoms with van der Waals surface area (Å²) in [7, 11) is 0. The molecule has 0 saturated carbocycles. The molecule has 0 aliphatic heterocycles. The zero-order valence-corrected chi connectivity index (χ0v) is 11.3. The highest BCUT2D eigenvalue weighted by Gasteiger charge is 2.11. The van der Waals surface area contributed by atoms with Crippen molar-refractivity contribution >= 4 is 5.91 Å². The second kappa shape index (κ2) is 6.18. The lowest BCUT2D eigenvalue weighted by Crippen LogP contribution is -2.32. The molecule has 1 amide bonds. The molecule has 0 aliphatic carbocycles. The molecule has 4 heteroatoms. The Morgan fingerprint density at radius 1 is 1.37 bits per heavy atom. The van der Waals surface area contributed by atoms with Crippen LogP contribution in [0.25, 0.3) is 5.69 Å². The van der Waals surface area contributed by atoms with E-state index in [1.807, 2.05) is 37.3 Å². The van der Waals surface area contributed by atoms with Crippen molar-refractivity contribution in [2.75, 3.05) is 0 Å². The quantitative estimate of drug-likeness (QED) is 0.895. The Morgan fingerprint density at radius 3 is 2.79 bits per heavy atom. The monoisotopic (exact) mass is 257 g/mol. The zero-order chi connectivity index (χ0) is 13.7. The van der Waals surface area contributed by atoms with Gasteiger partial charge in [0.1, 0.15) is 0 Å². The number of nitrogens with one attached hydrogen (secondary N) is 1. The lowest BCUT2D eigenvalue weighted by atomic mass is 10.2. The molecule has 0 saturated heterocycles. The lowest BCUT2D eigenvalue weighted by molar-refractivity contribution is 0.0938. The van der Waals surface area contributed by atoms with E-state index in [-0.39, 0.29) is 11.9 Å². The van der Waals surface area contributed by atoms with Crippen LogP contribution in [0.5, 0.6) is 0 Å². The first-order valence-corrected chi connectivity index (χ1v) is 6.61. The second-order valence-corrected chi connectivity index (χ2v) is 4.67. The Kier molecular flexibility index (Phi) is 4.34. The standard InChI is InChI=1S/C15H19N3O/c1-3-7-12(2)17-15(19)13-10-16-18(11-13)14-8-5-4-6-9-14/h4-6,8-12H,3,7H2,1-2H3,(H,17,19)/t12-/m0/s1. The van der Waals surface area contributed by atoms with Crippen molar-refractivity contribution in [2.24, 2.45) is 0 Å². The van der Waals surface area contributed by atoms with Crippen LogP contribution in [-0.2, 0) is 0 Å². The van der Waals surface area contributed by atoms with Gasteiger partial charge in [-0.25, -0.2) is 4.68 Å². The Bertz CT molecular complexity index is 533. The second-order valence-electron chi connectivity index (χ2n) is 4.67. The van der Waals surface area contributed by atoms with Gasteiger partial charge in [0.25, 0.3) is 5.91 Å². The smallest absolute Gasteiger partial charge is 0.254 e. The van der Waals surface area contributed by atoms with Crippen LogP contribution in [-0.4, -0.2) is 21.7 Å². The van der Waals surface area contributed by atoms with Gasteiger partial charge < -0.3 is 5.32 Å². The van der Waals surface area contributed by atoms with Gasteiger partial charge in [0.2, 0.25) is 0 Å². The summed E-state index contributed by atoms with van der Waals surface area (Å²) >= 11 is 0. The maximum absolute atomic E-state index is 12.0. The van der Waals surface area contributed by atoms with Crippen LogP contribution in [0.3, 0.4) is 0 Å². The fourth-order valence-electron chi connectivity index (χ4n) is 1.97. The third-order valence-electron chi connectivity index (χ3n) is 2.96. The minimum Gasteiger partial charge on any atom is -0.349 e. The first-order valence-electron chi connectivity index (χ1n) is 6.61. The van der Waals surface area contributed by atoms with E-state index in [9.17, 15) is 4.79 Å². The summed E-state index contributed by atoms with van der Waals surface area (Å²) in [5.41, 5.74) is 1.54. The molecule has 1 heterocycles. The normalized spacial score (nSPS) is 12.1. The predicted molar refractivity (Wildman–Crippen MR) is 75.4 cm³/mol. The van der Waals surface area contributed by atoms with Crippen molar-refractivity contribution in [3.8, 4) is 5.69 Å². The van der Waals surface area contributed by atoms with E-state index in [1.54, 1.807) is 17.1 Å². The molecule has 0 unspecified atom stereocenters. The summed E-state index contributed by atoms with van der Waals surface area (Å²) in [5, 5.41) is 7.19. The number of para-hydroxylation sites is 1. The van der Waals surface area contributed by atoms with Gasteiger partial charge in [-0.3, -0.25) is 4.79 Å². The van der Waals surface area contributed by atoms with Crippen LogP contribution in [0.2, 0.25) is 0 Å². The van der Waals surface area contributed by atoms with E-state index in [0.717, 1.165) is 18.5 Å². The fourth-order valence-corrected chi connectivity index (χ4v) is 1.97. The van der Waals surface area contributed by atoms with Crippen LogP contribution >= 0.6 is 0 Å². The highest BCUT2D eigenvalue weighted by molar-refractivity contribution is 5.93. The minimum atomic E-state index is -0.0665. The maximum atomic E-state index is 12.0. The van der Waals surface area contributed by atoms with Crippen molar-refractivity contribution in [1.82, 2.24) is 15.1 Å². The number of benzene rings is 1. The molecule has 0 fully saturated rings. The van der Waals surface area contributed by atoms with Crippen molar-refractivity contribution in [3.63, 3.8) is 0 Å². The molecule has 0 radical (unpaired) electrons. The van der Waals surface area contributed by atoms with E-state index in [1.165, 1.54) is 0 Å². The van der Waals surface area contributed by atoms with Gasteiger partial charge in [0, 0.05) is 12.2 Å². The summed E-state index contributed by atoms with van der Waals surface area (Å²) < 4.78 is 1.71. The highest BCUT2D eigenvalue weighted by Crippen LogP contribution is 2.08. The number of hydrogen-bond acceptors (Lipinski definition) is 2. The Balaban J connectivity index is 2.07. The predicted octanol–water partition coefficient (Wildman–Crippen LogP) is 2.79. The molecule has 1 aromatic carbocycles. The molecule has 0 spiro atoms. The molecule has 1 atom stereocenters. The molecular formula is C15H19N3O. The Morgan fingerprint density at radius 2 is 2.11 bits per heavy atom. The fraction of sp³-hybridized carbons (Fsp3) is 0.333. The molecule has 1 aromatic heterocycles. The third kappa shape index (κ3) is 3.44. The third-order valence-corrected chi connectivity index (χ3v) is 2.96. The van der Waals surface area contributed by atoms with E-state index < -0.39 is 0 Å². The van der Waals surface area contributed by atoms with E-state index >= 15 is 0 Å². The van der Waals surface area contributed by atoms with E-state index in [0.29, 0.717) is 5.56 Å². The van der Waals surface area contributed by atoms with Crippen LogP contribution in [0.1, 0.15) is 37.0 Å². The maximum Gasteiger partial charge on any atom is 0.254 e. The minimum absolute atomic E-state index is 0.0665. The number of rotatable bonds is 5. The van der Waals surface area contributed by atoms with E-state index in [4.69, 9.17) is 0 Å². The topological polar surface area (TPSA) is 46.9 Å². The number of hydrogen-bond donors (Lipinski definition) is 1. The van der Waals surface area contributed by atoms with Crippen molar-refractivity contribution in [1.29, 1.82) is 0 Å². The number of nitrogens with zero attached hydrogens (tertiary/aromatic N) is 2. The summed E-state index contributed by atoms with van der Waals surface area (Å²) in [6, 6.07) is 9.94. The van der Waals surface area contributed by atoms with E-state index in [2.05, 4.69) is 17.3 Å². The first-order chi connectivity index (χ1) is 9.20. The molecule has 2 aromatic rings. The van der Waals surface area contributed by atoms with Crippen molar-refractivity contribution in [3.05, 3.63) is 48.3 Å². The highest BCUT2D eigenvalue weighted by atomic mass is 16.1. The molecular weight excluding hydrogens is 238 g/mol. The molecule has 2 rings (SSSR count). The summed E-state index contributed by atoms with van der Waals surface area (Å²) in [6.45, 7) is 4.12. The van der Waals surface area contributed by atoms with Crippen molar-refractivity contribution in [2.45, 2.75) is 32.7 Å². The van der Waals surface area contributed by atoms with Crippen LogP contribution < -0.4 is 5.32 Å². The lowest BCUT2D eigenvalue weighted by Gasteiger charge is -2.11. The average Bonchev–Trinajstić information content (AvgIpc) is 2.89. The molecule has 0 bridgehead atoms. The number of aromatic nitrogens is 2. The summed E-state index contributed by atoms with van der Waals surface area (Å²) in [5.74, 6) is -0.0665. The molecule has 4 nitrogen and oxygen atoms in total. The summed E-state index contributed by atoms with van der Waals surface area (Å²) in [4.78, 5) is 12.0. The Labute approximate surface area is 113 Å². The Hall–Kier alpha value is -2.10. The largest absolute Gasteiger partial charge is 0.349 e. The first kappa shape index (κ1) is 13.3. The average molecular weight is 257 g/mol. The van der Waals surface area contributed by atoms with Gasteiger partial charge in [-0.05, 0) is 25.5 Å². The zero-order valence-electron chi connectivity index (χ0n) is 11.3. The van der Waals surface area contributed by atoms with Crippen LogP contribution in [0.4, 0.5) is 0 Å². The number of carbonyl (C=O) groups is 1. The van der Waals surface area contributed by atoms with Gasteiger partial charge in [0.05, 0.1) is 17.4 Å². The van der Waals surface area contributed by atoms with Gasteiger partial charge in [-0.1, -0.05) is 31.5 Å². The van der Waals surface area contributed by atoms with Gasteiger partial charge in [-0.2, -0.15) is 5.10 Å². The van der Waals surface area contributed by atoms with Crippen LogP contribution in [0.15, 0.2) is 42.7 Å². The van der Waals surface area contributed by atoms with Gasteiger partial charge in [-0.15, -0.1) is 0 Å². The SMILES string of the molecule is CCC[C@H](C)NC(=O)c1cnn(-c2ccccc2)c1. The van der Waals surface area contributed by atoms with Crippen LogP contribution in [0, 0.1) is 0 Å². The summed E-state index contributed by atoms with van der Waals surface area (Å²) in [6.07, 6.45) is 5.40. The van der Waals surface area contributed by atoms with Crippen molar-refractivity contribution < 1.29 is 4.79 Å². The number of carbonyl (C=O) groups excluding carboxylic acids is 1. The molecule has 0 aliphatic rings. The number of amides is 1. The van der Waals surface area contributed by atoms with Gasteiger partial charge >= 0.3 is 0 Å². The van der Waals surface area contributed by atoms with Gasteiger partial charge in [0.15, 0.2) is 0 Å². The molecule has 19 heavy (non-hydrogen) atoms.